The number of carbonyl (C=O) groups excluding carboxylic acids is 2. The van der Waals surface area contributed by atoms with E-state index in [0.29, 0.717) is 18.7 Å². The molecule has 1 saturated heterocycles. The minimum atomic E-state index is -0.652. The van der Waals surface area contributed by atoms with Crippen molar-refractivity contribution >= 4 is 17.4 Å². The van der Waals surface area contributed by atoms with Gasteiger partial charge in [0.1, 0.15) is 11.5 Å². The topological polar surface area (TPSA) is 70.1 Å². The van der Waals surface area contributed by atoms with Crippen LogP contribution in [0.3, 0.4) is 0 Å². The Morgan fingerprint density at radius 1 is 1.12 bits per heavy atom. The summed E-state index contributed by atoms with van der Waals surface area (Å²) in [5.74, 6) is -0.485. The fourth-order valence-electron chi connectivity index (χ4n) is 4.36. The van der Waals surface area contributed by atoms with Crippen molar-refractivity contribution in [3.63, 3.8) is 0 Å². The zero-order valence-corrected chi connectivity index (χ0v) is 20.6. The fraction of sp³-hybridized carbons (Fsp3) is 0.407. The number of benzene rings is 2. The first-order valence-electron chi connectivity index (χ1n) is 11.3. The van der Waals surface area contributed by atoms with Gasteiger partial charge < -0.3 is 19.6 Å². The summed E-state index contributed by atoms with van der Waals surface area (Å²) < 4.78 is 5.53. The molecule has 0 bridgehead atoms. The number of hydrogen-bond donors (Lipinski definition) is 1. The second kappa shape index (κ2) is 9.79. The number of ether oxygens (including phenoxy) is 1. The van der Waals surface area contributed by atoms with E-state index in [2.05, 4.69) is 0 Å². The number of aliphatic hydroxyl groups is 1. The summed E-state index contributed by atoms with van der Waals surface area (Å²) in [4.78, 5) is 29.9. The zero-order valence-electron chi connectivity index (χ0n) is 20.6. The normalized spacial score (nSPS) is 18.0. The highest BCUT2D eigenvalue weighted by Crippen LogP contribution is 2.42. The Morgan fingerprint density at radius 2 is 1.79 bits per heavy atom. The van der Waals surface area contributed by atoms with Crippen molar-refractivity contribution in [2.45, 2.75) is 39.7 Å². The van der Waals surface area contributed by atoms with Gasteiger partial charge in [0.05, 0.1) is 18.7 Å². The van der Waals surface area contributed by atoms with Gasteiger partial charge >= 0.3 is 0 Å². The number of likely N-dealkylation sites (tertiary alicyclic amines) is 1. The third kappa shape index (κ3) is 4.67. The Balaban J connectivity index is 2.26. The van der Waals surface area contributed by atoms with E-state index in [1.165, 1.54) is 0 Å². The van der Waals surface area contributed by atoms with Crippen LogP contribution in [-0.4, -0.2) is 60.9 Å². The number of ketones is 1. The van der Waals surface area contributed by atoms with E-state index < -0.39 is 17.7 Å². The molecule has 33 heavy (non-hydrogen) atoms. The number of hydrogen-bond acceptors (Lipinski definition) is 5. The maximum Gasteiger partial charge on any atom is 0.295 e. The van der Waals surface area contributed by atoms with Gasteiger partial charge in [-0.2, -0.15) is 0 Å². The Bertz CT molecular complexity index is 1100. The maximum atomic E-state index is 13.3. The lowest BCUT2D eigenvalue weighted by Crippen LogP contribution is -2.35. The number of rotatable bonds is 7. The van der Waals surface area contributed by atoms with Gasteiger partial charge in [0.15, 0.2) is 0 Å². The van der Waals surface area contributed by atoms with Crippen LogP contribution in [0.2, 0.25) is 0 Å². The molecule has 3 rings (SSSR count). The van der Waals surface area contributed by atoms with E-state index in [4.69, 9.17) is 4.74 Å². The van der Waals surface area contributed by atoms with Gasteiger partial charge in [-0.15, -0.1) is 0 Å². The summed E-state index contributed by atoms with van der Waals surface area (Å²) in [6, 6.07) is 10.8. The minimum Gasteiger partial charge on any atom is -0.507 e. The predicted octanol–water partition coefficient (Wildman–Crippen LogP) is 4.42. The van der Waals surface area contributed by atoms with Crippen molar-refractivity contribution in [2.75, 3.05) is 34.3 Å². The smallest absolute Gasteiger partial charge is 0.295 e. The number of aryl methyl sites for hydroxylation is 2. The molecule has 2 aromatic carbocycles. The number of nitrogens with zero attached hydrogens (tertiary/aromatic N) is 2. The molecule has 1 heterocycles. The van der Waals surface area contributed by atoms with Crippen LogP contribution in [0.15, 0.2) is 42.0 Å². The number of aliphatic hydroxyl groups excluding tert-OH is 1. The van der Waals surface area contributed by atoms with Crippen molar-refractivity contribution in [1.29, 1.82) is 0 Å². The molecule has 1 atom stereocenters. The Hall–Kier alpha value is -3.12. The number of methoxy groups -OCH3 is 1. The largest absolute Gasteiger partial charge is 0.507 e. The lowest BCUT2D eigenvalue weighted by molar-refractivity contribution is -0.140. The Morgan fingerprint density at radius 3 is 2.36 bits per heavy atom. The van der Waals surface area contributed by atoms with Gasteiger partial charge in [-0.25, -0.2) is 0 Å². The molecule has 1 amide bonds. The summed E-state index contributed by atoms with van der Waals surface area (Å²) >= 11 is 0. The quantitative estimate of drug-likeness (QED) is 0.384. The van der Waals surface area contributed by atoms with Crippen molar-refractivity contribution in [3.05, 3.63) is 69.8 Å². The average Bonchev–Trinajstić information content (AvgIpc) is 3.01. The summed E-state index contributed by atoms with van der Waals surface area (Å²) in [7, 11) is 5.47. The molecule has 6 heteroatoms. The Labute approximate surface area is 196 Å². The summed E-state index contributed by atoms with van der Waals surface area (Å²) in [6.45, 7) is 8.90. The number of carbonyl (C=O) groups is 2. The molecular formula is C27H34N2O4. The van der Waals surface area contributed by atoms with Gasteiger partial charge in [0, 0.05) is 18.7 Å². The van der Waals surface area contributed by atoms with Crippen LogP contribution < -0.4 is 4.74 Å². The highest BCUT2D eigenvalue weighted by molar-refractivity contribution is 6.46. The standard InChI is InChI=1S/C27H34N2O4/c1-16(2)20-15-21(18(4)14-22(20)33-7)25(30)23-24(19-11-9-8-10-17(19)3)29(13-12-28(5)6)27(32)26(23)31/h8-11,14-16,24,30H,12-13H2,1-7H3/b25-23+. The molecule has 1 N–H and O–H groups in total. The van der Waals surface area contributed by atoms with Gasteiger partial charge in [-0.1, -0.05) is 38.1 Å². The van der Waals surface area contributed by atoms with Crippen molar-refractivity contribution in [3.8, 4) is 5.75 Å². The molecule has 6 nitrogen and oxygen atoms in total. The summed E-state index contributed by atoms with van der Waals surface area (Å²) in [5.41, 5.74) is 4.18. The zero-order chi connectivity index (χ0) is 24.4. The van der Waals surface area contributed by atoms with E-state index in [0.717, 1.165) is 28.0 Å². The molecule has 0 saturated carbocycles. The molecule has 2 aromatic rings. The summed E-state index contributed by atoms with van der Waals surface area (Å²) in [6.07, 6.45) is 0. The Kier molecular flexibility index (Phi) is 7.28. The minimum absolute atomic E-state index is 0.135. The van der Waals surface area contributed by atoms with E-state index in [-0.39, 0.29) is 17.3 Å². The first-order chi connectivity index (χ1) is 15.6. The van der Waals surface area contributed by atoms with Crippen molar-refractivity contribution in [1.82, 2.24) is 9.80 Å². The molecule has 1 unspecified atom stereocenters. The highest BCUT2D eigenvalue weighted by Gasteiger charge is 2.46. The number of likely N-dealkylation sites (N-methyl/N-ethyl adjacent to an activating group) is 1. The van der Waals surface area contributed by atoms with Gasteiger partial charge in [0.25, 0.3) is 11.7 Å². The monoisotopic (exact) mass is 450 g/mol. The first kappa shape index (κ1) is 24.5. The third-order valence-corrected chi connectivity index (χ3v) is 6.26. The summed E-state index contributed by atoms with van der Waals surface area (Å²) in [5, 5.41) is 11.5. The van der Waals surface area contributed by atoms with Gasteiger partial charge in [-0.05, 0) is 68.2 Å². The second-order valence-corrected chi connectivity index (χ2v) is 9.22. The lowest BCUT2D eigenvalue weighted by Gasteiger charge is -2.27. The molecule has 1 aliphatic rings. The molecule has 0 radical (unpaired) electrons. The number of Topliss-reactive ketones (excluding diaryl/α,β-unsaturated/α-hetero) is 1. The molecule has 0 spiro atoms. The predicted molar refractivity (Wildman–Crippen MR) is 131 cm³/mol. The fourth-order valence-corrected chi connectivity index (χ4v) is 4.36. The van der Waals surface area contributed by atoms with Crippen LogP contribution in [-0.2, 0) is 9.59 Å². The third-order valence-electron chi connectivity index (χ3n) is 6.26. The second-order valence-electron chi connectivity index (χ2n) is 9.22. The van der Waals surface area contributed by atoms with E-state index >= 15 is 0 Å². The molecule has 0 aliphatic carbocycles. The first-order valence-corrected chi connectivity index (χ1v) is 11.3. The molecule has 1 fully saturated rings. The maximum absolute atomic E-state index is 13.3. The SMILES string of the molecule is COc1cc(C)c(/C(O)=C2\C(=O)C(=O)N(CCN(C)C)C2c2ccccc2C)cc1C(C)C. The van der Waals surface area contributed by atoms with Crippen LogP contribution in [0, 0.1) is 13.8 Å². The van der Waals surface area contributed by atoms with Crippen LogP contribution in [0.1, 0.15) is 53.6 Å². The molecule has 176 valence electrons. The average molecular weight is 451 g/mol. The van der Waals surface area contributed by atoms with Crippen molar-refractivity contribution < 1.29 is 19.4 Å². The van der Waals surface area contributed by atoms with Crippen LogP contribution in [0.4, 0.5) is 0 Å². The van der Waals surface area contributed by atoms with Crippen molar-refractivity contribution in [2.24, 2.45) is 0 Å². The highest BCUT2D eigenvalue weighted by atomic mass is 16.5. The van der Waals surface area contributed by atoms with Gasteiger partial charge in [0.2, 0.25) is 0 Å². The molecule has 0 aromatic heterocycles. The van der Waals surface area contributed by atoms with E-state index in [1.807, 2.05) is 83.1 Å². The lowest BCUT2D eigenvalue weighted by atomic mass is 9.90. The van der Waals surface area contributed by atoms with Crippen LogP contribution in [0.5, 0.6) is 5.75 Å². The van der Waals surface area contributed by atoms with E-state index in [9.17, 15) is 14.7 Å². The van der Waals surface area contributed by atoms with Crippen LogP contribution in [0.25, 0.3) is 5.76 Å². The molecular weight excluding hydrogens is 416 g/mol. The van der Waals surface area contributed by atoms with Gasteiger partial charge in [-0.3, -0.25) is 9.59 Å². The number of amides is 1. The van der Waals surface area contributed by atoms with Crippen LogP contribution >= 0.6 is 0 Å². The molecule has 1 aliphatic heterocycles. The van der Waals surface area contributed by atoms with E-state index in [1.54, 1.807) is 12.0 Å².